The highest BCUT2D eigenvalue weighted by molar-refractivity contribution is 5.78. The molecule has 2 aromatic carbocycles. The predicted molar refractivity (Wildman–Crippen MR) is 75.8 cm³/mol. The third kappa shape index (κ3) is 2.81. The van der Waals surface area contributed by atoms with Gasteiger partial charge in [0.2, 0.25) is 0 Å². The molecule has 0 unspecified atom stereocenters. The van der Waals surface area contributed by atoms with Gasteiger partial charge < -0.3 is 4.90 Å². The number of rotatable bonds is 3. The quantitative estimate of drug-likeness (QED) is 0.774. The molecular formula is C16H16FNO. The maximum Gasteiger partial charge on any atom is 0.150 e. The summed E-state index contributed by atoms with van der Waals surface area (Å²) in [5, 5.41) is 0. The molecule has 0 saturated carbocycles. The first kappa shape index (κ1) is 13.3. The topological polar surface area (TPSA) is 20.3 Å². The summed E-state index contributed by atoms with van der Waals surface area (Å²) in [7, 11) is 1.86. The van der Waals surface area contributed by atoms with Gasteiger partial charge in [0.15, 0.2) is 0 Å². The summed E-state index contributed by atoms with van der Waals surface area (Å²) in [5.74, 6) is -0.406. The van der Waals surface area contributed by atoms with Gasteiger partial charge in [0.05, 0.1) is 0 Å². The Balaban J connectivity index is 2.46. The van der Waals surface area contributed by atoms with Crippen molar-refractivity contribution in [2.45, 2.75) is 13.8 Å². The third-order valence-corrected chi connectivity index (χ3v) is 3.14. The zero-order valence-corrected chi connectivity index (χ0v) is 11.3. The first-order chi connectivity index (χ1) is 9.01. The van der Waals surface area contributed by atoms with Gasteiger partial charge in [-0.05, 0) is 43.7 Å². The lowest BCUT2D eigenvalue weighted by Crippen LogP contribution is -2.11. The molecule has 0 bridgehead atoms. The van der Waals surface area contributed by atoms with Crippen molar-refractivity contribution in [3.63, 3.8) is 0 Å². The molecule has 0 aliphatic carbocycles. The summed E-state index contributed by atoms with van der Waals surface area (Å²) in [4.78, 5) is 12.7. The molecule has 98 valence electrons. The van der Waals surface area contributed by atoms with Crippen molar-refractivity contribution >= 4 is 17.7 Å². The second kappa shape index (κ2) is 5.22. The Labute approximate surface area is 112 Å². The number of nitrogens with zero attached hydrogens (tertiary/aromatic N) is 1. The van der Waals surface area contributed by atoms with Crippen LogP contribution in [0.15, 0.2) is 36.4 Å². The SMILES string of the molecule is Cc1ccc(N(C)c2cc(F)cc(C=O)c2)c(C)c1. The standard InChI is InChI=1S/C16H16FNO/c1-11-4-5-16(12(2)6-11)18(3)15-8-13(10-19)7-14(17)9-15/h4-10H,1-3H3. The van der Waals surface area contributed by atoms with Crippen LogP contribution in [0.5, 0.6) is 0 Å². The van der Waals surface area contributed by atoms with Gasteiger partial charge in [-0.25, -0.2) is 4.39 Å². The van der Waals surface area contributed by atoms with Gasteiger partial charge in [0.1, 0.15) is 12.1 Å². The van der Waals surface area contributed by atoms with Crippen LogP contribution in [0.3, 0.4) is 0 Å². The van der Waals surface area contributed by atoms with E-state index in [0.717, 1.165) is 11.3 Å². The van der Waals surface area contributed by atoms with Crippen molar-refractivity contribution in [2.24, 2.45) is 0 Å². The Hall–Kier alpha value is -2.16. The fourth-order valence-electron chi connectivity index (χ4n) is 2.18. The highest BCUT2D eigenvalue weighted by Gasteiger charge is 2.09. The van der Waals surface area contributed by atoms with Crippen molar-refractivity contribution in [3.05, 3.63) is 58.9 Å². The summed E-state index contributed by atoms with van der Waals surface area (Å²) >= 11 is 0. The van der Waals surface area contributed by atoms with E-state index in [-0.39, 0.29) is 0 Å². The normalized spacial score (nSPS) is 10.3. The first-order valence-corrected chi connectivity index (χ1v) is 6.08. The minimum Gasteiger partial charge on any atom is -0.344 e. The van der Waals surface area contributed by atoms with E-state index >= 15 is 0 Å². The van der Waals surface area contributed by atoms with Gasteiger partial charge in [0.25, 0.3) is 0 Å². The first-order valence-electron chi connectivity index (χ1n) is 6.08. The predicted octanol–water partition coefficient (Wildman–Crippen LogP) is 4.02. The maximum absolute atomic E-state index is 13.5. The van der Waals surface area contributed by atoms with Gasteiger partial charge >= 0.3 is 0 Å². The van der Waals surface area contributed by atoms with E-state index in [1.807, 2.05) is 37.9 Å². The zero-order valence-electron chi connectivity index (χ0n) is 11.3. The van der Waals surface area contributed by atoms with Crippen LogP contribution in [0, 0.1) is 19.7 Å². The number of halogens is 1. The van der Waals surface area contributed by atoms with Gasteiger partial charge in [0, 0.05) is 24.0 Å². The van der Waals surface area contributed by atoms with Crippen LogP contribution in [-0.2, 0) is 0 Å². The molecule has 0 N–H and O–H groups in total. The van der Waals surface area contributed by atoms with Crippen molar-refractivity contribution in [2.75, 3.05) is 11.9 Å². The lowest BCUT2D eigenvalue weighted by Gasteiger charge is -2.22. The van der Waals surface area contributed by atoms with Crippen molar-refractivity contribution < 1.29 is 9.18 Å². The molecule has 2 rings (SSSR count). The van der Waals surface area contributed by atoms with Crippen molar-refractivity contribution in [1.29, 1.82) is 0 Å². The van der Waals surface area contributed by atoms with Crippen LogP contribution in [0.25, 0.3) is 0 Å². The van der Waals surface area contributed by atoms with E-state index in [1.165, 1.54) is 17.7 Å². The van der Waals surface area contributed by atoms with Crippen LogP contribution in [0.4, 0.5) is 15.8 Å². The second-order valence-corrected chi connectivity index (χ2v) is 4.71. The zero-order chi connectivity index (χ0) is 14.0. The van der Waals surface area contributed by atoms with E-state index in [1.54, 1.807) is 6.07 Å². The molecule has 2 aromatic rings. The molecule has 0 atom stereocenters. The molecule has 19 heavy (non-hydrogen) atoms. The molecular weight excluding hydrogens is 241 g/mol. The molecule has 0 fully saturated rings. The molecule has 0 saturated heterocycles. The number of carbonyl (C=O) groups excluding carboxylic acids is 1. The fraction of sp³-hybridized carbons (Fsp3) is 0.188. The molecule has 0 aliphatic rings. The largest absolute Gasteiger partial charge is 0.344 e. The van der Waals surface area contributed by atoms with Gasteiger partial charge in [-0.15, -0.1) is 0 Å². The summed E-state index contributed by atoms with van der Waals surface area (Å²) < 4.78 is 13.5. The second-order valence-electron chi connectivity index (χ2n) is 4.71. The minimum absolute atomic E-state index is 0.339. The maximum atomic E-state index is 13.5. The molecule has 0 aromatic heterocycles. The van der Waals surface area contributed by atoms with E-state index in [4.69, 9.17) is 0 Å². The van der Waals surface area contributed by atoms with Crippen molar-refractivity contribution in [3.8, 4) is 0 Å². The number of carbonyl (C=O) groups is 1. The number of aryl methyl sites for hydroxylation is 2. The Morgan fingerprint density at radius 3 is 2.47 bits per heavy atom. The summed E-state index contributed by atoms with van der Waals surface area (Å²) in [6.45, 7) is 4.04. The molecule has 0 amide bonds. The lowest BCUT2D eigenvalue weighted by atomic mass is 10.1. The molecule has 0 heterocycles. The molecule has 2 nitrogen and oxygen atoms in total. The van der Waals surface area contributed by atoms with Gasteiger partial charge in [-0.1, -0.05) is 17.7 Å². The molecule has 0 aliphatic heterocycles. The number of aldehydes is 1. The average molecular weight is 257 g/mol. The average Bonchev–Trinajstić information content (AvgIpc) is 2.37. The molecule has 0 radical (unpaired) electrons. The number of hydrogen-bond donors (Lipinski definition) is 0. The molecule has 3 heteroatoms. The summed E-state index contributed by atoms with van der Waals surface area (Å²) in [6.07, 6.45) is 0.655. The van der Waals surface area contributed by atoms with Crippen LogP contribution >= 0.6 is 0 Å². The monoisotopic (exact) mass is 257 g/mol. The van der Waals surface area contributed by atoms with Gasteiger partial charge in [-0.2, -0.15) is 0 Å². The van der Waals surface area contributed by atoms with E-state index in [2.05, 4.69) is 6.07 Å². The molecule has 0 spiro atoms. The number of benzene rings is 2. The summed E-state index contributed by atoms with van der Waals surface area (Å²) in [5.41, 5.74) is 4.29. The number of hydrogen-bond acceptors (Lipinski definition) is 2. The van der Waals surface area contributed by atoms with Crippen LogP contribution in [-0.4, -0.2) is 13.3 Å². The fourth-order valence-corrected chi connectivity index (χ4v) is 2.18. The number of anilines is 2. The Morgan fingerprint density at radius 1 is 1.11 bits per heavy atom. The van der Waals surface area contributed by atoms with E-state index < -0.39 is 5.82 Å². The van der Waals surface area contributed by atoms with Crippen LogP contribution in [0.2, 0.25) is 0 Å². The Morgan fingerprint density at radius 2 is 1.84 bits per heavy atom. The van der Waals surface area contributed by atoms with E-state index in [9.17, 15) is 9.18 Å². The Kier molecular flexibility index (Phi) is 3.65. The van der Waals surface area contributed by atoms with Crippen LogP contribution in [0.1, 0.15) is 21.5 Å². The van der Waals surface area contributed by atoms with Gasteiger partial charge in [-0.3, -0.25) is 4.79 Å². The smallest absolute Gasteiger partial charge is 0.150 e. The van der Waals surface area contributed by atoms with Crippen molar-refractivity contribution in [1.82, 2.24) is 0 Å². The summed E-state index contributed by atoms with van der Waals surface area (Å²) in [6, 6.07) is 10.4. The Bertz CT molecular complexity index is 622. The van der Waals surface area contributed by atoms with Crippen LogP contribution < -0.4 is 4.90 Å². The lowest BCUT2D eigenvalue weighted by molar-refractivity contribution is 0.112. The highest BCUT2D eigenvalue weighted by atomic mass is 19.1. The third-order valence-electron chi connectivity index (χ3n) is 3.14. The highest BCUT2D eigenvalue weighted by Crippen LogP contribution is 2.28. The van der Waals surface area contributed by atoms with E-state index in [0.29, 0.717) is 17.5 Å². The minimum atomic E-state index is -0.406.